The summed E-state index contributed by atoms with van der Waals surface area (Å²) in [4.78, 5) is 0. The van der Waals surface area contributed by atoms with Gasteiger partial charge in [0.2, 0.25) is 0 Å². The van der Waals surface area contributed by atoms with Crippen molar-refractivity contribution in [3.8, 4) is 33.4 Å². The Hall–Kier alpha value is -4.33. The molecule has 0 atom stereocenters. The molecule has 1 aliphatic rings. The summed E-state index contributed by atoms with van der Waals surface area (Å²) in [6.45, 7) is 4.76. The molecule has 0 spiro atoms. The molecule has 7 aromatic carbocycles. The Kier molecular flexibility index (Phi) is 5.63. The molecule has 0 nitrogen and oxygen atoms in total. The molecule has 7 aromatic rings. The van der Waals surface area contributed by atoms with Crippen LogP contribution in [-0.2, 0) is 5.41 Å². The van der Waals surface area contributed by atoms with Crippen LogP contribution in [-0.4, -0.2) is 0 Å². The Morgan fingerprint density at radius 3 is 1.55 bits per heavy atom. The average Bonchev–Trinajstić information content (AvgIpc) is 3.21. The molecule has 0 heterocycles. The maximum Gasteiger partial charge on any atom is 0.0159 e. The lowest BCUT2D eigenvalue weighted by Gasteiger charge is -2.22. The van der Waals surface area contributed by atoms with Crippen LogP contribution in [0.5, 0.6) is 0 Å². The summed E-state index contributed by atoms with van der Waals surface area (Å²) in [5.74, 6) is 0. The first-order chi connectivity index (χ1) is 19.1. The van der Waals surface area contributed by atoms with Crippen LogP contribution in [0.2, 0.25) is 0 Å². The van der Waals surface area contributed by atoms with Crippen LogP contribution in [0.3, 0.4) is 0 Å². The van der Waals surface area contributed by atoms with Crippen molar-refractivity contribution >= 4 is 45.8 Å². The summed E-state index contributed by atoms with van der Waals surface area (Å²) in [6, 6.07) is 49.3. The number of fused-ring (bicyclic) bond motifs is 6. The van der Waals surface area contributed by atoms with Gasteiger partial charge in [0, 0.05) is 5.41 Å². The van der Waals surface area contributed by atoms with Gasteiger partial charge in [-0.1, -0.05) is 135 Å². The second-order valence-electron chi connectivity index (χ2n) is 11.3. The van der Waals surface area contributed by atoms with Crippen LogP contribution < -0.4 is 0 Å². The molecule has 0 unspecified atom stereocenters. The largest absolute Gasteiger partial charge is 0.197 e. The first-order valence-electron chi connectivity index (χ1n) is 13.8. The van der Waals surface area contributed by atoms with Gasteiger partial charge in [-0.25, -0.2) is 0 Å². The van der Waals surface area contributed by atoms with Crippen molar-refractivity contribution in [2.24, 2.45) is 0 Å². The smallest absolute Gasteiger partial charge is 0.0159 e. The second-order valence-corrected chi connectivity index (χ2v) is 11.3. The van der Waals surface area contributed by atoms with Gasteiger partial charge in [0.25, 0.3) is 0 Å². The summed E-state index contributed by atoms with van der Waals surface area (Å²) in [7, 11) is 0. The fourth-order valence-electron chi connectivity index (χ4n) is 7.02. The van der Waals surface area contributed by atoms with Crippen molar-refractivity contribution in [3.63, 3.8) is 0 Å². The highest BCUT2D eigenvalue weighted by Crippen LogP contribution is 2.55. The minimum atomic E-state index is -0.0692. The van der Waals surface area contributed by atoms with E-state index in [1.54, 1.807) is 0 Å². The number of hydrogen-bond acceptors (Lipinski definition) is 0. The van der Waals surface area contributed by atoms with Gasteiger partial charge in [-0.2, -0.15) is 13.5 Å². The van der Waals surface area contributed by atoms with Gasteiger partial charge in [-0.05, 0) is 89.0 Å². The molecular formula is C39H30S. The van der Waals surface area contributed by atoms with E-state index >= 15 is 0 Å². The normalized spacial score (nSPS) is 13.2. The summed E-state index contributed by atoms with van der Waals surface area (Å²) in [5, 5.41) is 7.80. The molecule has 0 radical (unpaired) electrons. The third-order valence-corrected chi connectivity index (χ3v) is 8.83. The highest BCUT2D eigenvalue weighted by Gasteiger charge is 2.37. The first kappa shape index (κ1) is 24.7. The lowest BCUT2D eigenvalue weighted by molar-refractivity contribution is 0.661. The van der Waals surface area contributed by atoms with E-state index in [9.17, 15) is 0 Å². The predicted octanol–water partition coefficient (Wildman–Crippen LogP) is 10.9. The Morgan fingerprint density at radius 1 is 0.400 bits per heavy atom. The van der Waals surface area contributed by atoms with Crippen molar-refractivity contribution in [3.05, 3.63) is 145 Å². The second kappa shape index (κ2) is 9.11. The zero-order valence-electron chi connectivity index (χ0n) is 22.7. The number of rotatable bonds is 2. The summed E-state index contributed by atoms with van der Waals surface area (Å²) in [5.41, 5.74) is 10.7. The van der Waals surface area contributed by atoms with Crippen LogP contribution in [0.4, 0.5) is 0 Å². The van der Waals surface area contributed by atoms with E-state index in [0.29, 0.717) is 0 Å². The van der Waals surface area contributed by atoms with E-state index in [4.69, 9.17) is 0 Å². The highest BCUT2D eigenvalue weighted by atomic mass is 32.1. The average molecular weight is 531 g/mol. The molecule has 0 saturated carbocycles. The van der Waals surface area contributed by atoms with Gasteiger partial charge >= 0.3 is 0 Å². The molecule has 0 saturated heterocycles. The molecule has 40 heavy (non-hydrogen) atoms. The molecular weight excluding hydrogens is 500 g/mol. The number of benzene rings is 7. The molecule has 0 fully saturated rings. The topological polar surface area (TPSA) is 0 Å². The van der Waals surface area contributed by atoms with E-state index in [1.165, 1.54) is 76.8 Å². The SMILES string of the molecule is CC1(C)c2cc3ccccc3cc2-c2c(-c3c4ccccc4c(-c4ccccc4)c4ccccc34)cccc21.S. The third kappa shape index (κ3) is 3.41. The molecule has 8 rings (SSSR count). The summed E-state index contributed by atoms with van der Waals surface area (Å²) in [6.07, 6.45) is 0. The standard InChI is InChI=1S/C39H28.H2S/c1-39(2)34-22-12-21-32(38(34)33-23-26-15-6-7-16-27(26)24-35(33)39)37-30-19-10-8-17-28(30)36(25-13-4-3-5-14-25)29-18-9-11-20-31(29)37;/h3-24H,1-2H3;1H2. The van der Waals surface area contributed by atoms with Crippen LogP contribution in [0, 0.1) is 0 Å². The van der Waals surface area contributed by atoms with E-state index in [-0.39, 0.29) is 18.9 Å². The Morgan fingerprint density at radius 2 is 0.925 bits per heavy atom. The van der Waals surface area contributed by atoms with E-state index in [0.717, 1.165) is 0 Å². The maximum atomic E-state index is 2.42. The molecule has 1 heteroatoms. The zero-order valence-corrected chi connectivity index (χ0v) is 23.7. The highest BCUT2D eigenvalue weighted by molar-refractivity contribution is 7.59. The van der Waals surface area contributed by atoms with Crippen LogP contribution >= 0.6 is 13.5 Å². The van der Waals surface area contributed by atoms with Gasteiger partial charge < -0.3 is 0 Å². The summed E-state index contributed by atoms with van der Waals surface area (Å²) >= 11 is 0. The van der Waals surface area contributed by atoms with Gasteiger partial charge in [-0.15, -0.1) is 0 Å². The third-order valence-electron chi connectivity index (χ3n) is 8.83. The fourth-order valence-corrected chi connectivity index (χ4v) is 7.02. The van der Waals surface area contributed by atoms with Crippen molar-refractivity contribution < 1.29 is 0 Å². The van der Waals surface area contributed by atoms with Crippen molar-refractivity contribution in [2.45, 2.75) is 19.3 Å². The van der Waals surface area contributed by atoms with E-state index in [1.807, 2.05) is 0 Å². The Labute approximate surface area is 242 Å². The Bertz CT molecular complexity index is 2030. The summed E-state index contributed by atoms with van der Waals surface area (Å²) < 4.78 is 0. The van der Waals surface area contributed by atoms with Gasteiger partial charge in [-0.3, -0.25) is 0 Å². The minimum absolute atomic E-state index is 0. The van der Waals surface area contributed by atoms with Crippen LogP contribution in [0.15, 0.2) is 133 Å². The first-order valence-corrected chi connectivity index (χ1v) is 13.8. The molecule has 1 aliphatic carbocycles. The van der Waals surface area contributed by atoms with E-state index < -0.39 is 0 Å². The van der Waals surface area contributed by atoms with Crippen LogP contribution in [0.1, 0.15) is 25.0 Å². The van der Waals surface area contributed by atoms with Crippen molar-refractivity contribution in [2.75, 3.05) is 0 Å². The molecule has 0 amide bonds. The molecule has 0 N–H and O–H groups in total. The van der Waals surface area contributed by atoms with E-state index in [2.05, 4.69) is 147 Å². The Balaban J connectivity index is 0.00000264. The molecule has 0 bridgehead atoms. The van der Waals surface area contributed by atoms with Crippen molar-refractivity contribution in [1.82, 2.24) is 0 Å². The minimum Gasteiger partial charge on any atom is -0.197 e. The maximum absolute atomic E-state index is 2.42. The monoisotopic (exact) mass is 530 g/mol. The molecule has 192 valence electrons. The fraction of sp³-hybridized carbons (Fsp3) is 0.0769. The molecule has 0 aliphatic heterocycles. The van der Waals surface area contributed by atoms with Gasteiger partial charge in [0.05, 0.1) is 0 Å². The van der Waals surface area contributed by atoms with Gasteiger partial charge in [0.15, 0.2) is 0 Å². The lowest BCUT2D eigenvalue weighted by atomic mass is 9.80. The number of hydrogen-bond donors (Lipinski definition) is 0. The predicted molar refractivity (Wildman–Crippen MR) is 178 cm³/mol. The molecule has 0 aromatic heterocycles. The zero-order chi connectivity index (χ0) is 26.1. The van der Waals surface area contributed by atoms with Crippen LogP contribution in [0.25, 0.3) is 65.7 Å². The lowest BCUT2D eigenvalue weighted by Crippen LogP contribution is -2.14. The quantitative estimate of drug-likeness (QED) is 0.195. The van der Waals surface area contributed by atoms with Crippen molar-refractivity contribution in [1.29, 1.82) is 0 Å². The van der Waals surface area contributed by atoms with Gasteiger partial charge in [0.1, 0.15) is 0 Å².